The first kappa shape index (κ1) is 19.4. The van der Waals surface area contributed by atoms with Gasteiger partial charge in [0.1, 0.15) is 28.8 Å². The molecule has 2 N–H and O–H groups in total. The van der Waals surface area contributed by atoms with Gasteiger partial charge in [0.05, 0.1) is 18.1 Å². The zero-order chi connectivity index (χ0) is 19.5. The Morgan fingerprint density at radius 1 is 1.35 bits per heavy atom. The van der Waals surface area contributed by atoms with Gasteiger partial charge in [0.25, 0.3) is 0 Å². The number of hydrogen-bond donors (Lipinski definition) is 1. The van der Waals surface area contributed by atoms with Crippen LogP contribution in [0.2, 0.25) is 0 Å². The van der Waals surface area contributed by atoms with E-state index in [1.165, 1.54) is 0 Å². The Balaban J connectivity index is 2.67. The fraction of sp³-hybridized carbons (Fsp3) is 0.400. The summed E-state index contributed by atoms with van der Waals surface area (Å²) in [7, 11) is 0. The highest BCUT2D eigenvalue weighted by atomic mass is 16.5. The molecule has 6 nitrogen and oxygen atoms in total. The van der Waals surface area contributed by atoms with E-state index >= 15 is 0 Å². The molecule has 0 saturated carbocycles. The van der Waals surface area contributed by atoms with Crippen LogP contribution in [-0.4, -0.2) is 18.2 Å². The fourth-order valence-corrected chi connectivity index (χ4v) is 2.81. The number of nitrogens with zero attached hydrogens (tertiary/aromatic N) is 1. The summed E-state index contributed by atoms with van der Waals surface area (Å²) in [4.78, 5) is 12.6. The van der Waals surface area contributed by atoms with Crippen LogP contribution in [0.1, 0.15) is 46.1 Å². The lowest BCUT2D eigenvalue weighted by Crippen LogP contribution is -2.28. The van der Waals surface area contributed by atoms with E-state index in [4.69, 9.17) is 19.9 Å². The van der Waals surface area contributed by atoms with E-state index in [-0.39, 0.29) is 23.6 Å². The van der Waals surface area contributed by atoms with Gasteiger partial charge in [0.2, 0.25) is 5.88 Å². The van der Waals surface area contributed by atoms with Gasteiger partial charge in [-0.2, -0.15) is 5.26 Å². The minimum atomic E-state index is -0.716. The summed E-state index contributed by atoms with van der Waals surface area (Å²) in [5.41, 5.74) is 6.55. The molecule has 1 heterocycles. The molecule has 26 heavy (non-hydrogen) atoms. The van der Waals surface area contributed by atoms with E-state index in [2.05, 4.69) is 6.07 Å². The number of esters is 1. The highest BCUT2D eigenvalue weighted by molar-refractivity contribution is 5.92. The first-order valence-electron chi connectivity index (χ1n) is 8.43. The van der Waals surface area contributed by atoms with Crippen LogP contribution in [0.15, 0.2) is 47.1 Å². The molecule has 0 saturated heterocycles. The zero-order valence-electron chi connectivity index (χ0n) is 15.8. The van der Waals surface area contributed by atoms with Crippen LogP contribution in [0.4, 0.5) is 0 Å². The van der Waals surface area contributed by atoms with E-state index in [1.54, 1.807) is 19.9 Å². The number of rotatable bonds is 4. The van der Waals surface area contributed by atoms with Crippen molar-refractivity contribution in [1.29, 1.82) is 5.26 Å². The smallest absolute Gasteiger partial charge is 0.338 e. The molecule has 1 atom stereocenters. The lowest BCUT2D eigenvalue weighted by atomic mass is 9.82. The van der Waals surface area contributed by atoms with E-state index in [1.807, 2.05) is 39.0 Å². The molecular formula is C20H24N2O4. The second-order valence-corrected chi connectivity index (χ2v) is 6.87. The van der Waals surface area contributed by atoms with Crippen LogP contribution >= 0.6 is 0 Å². The Kier molecular flexibility index (Phi) is 5.61. The Hall–Kier alpha value is -2.94. The van der Waals surface area contributed by atoms with Gasteiger partial charge in [-0.1, -0.05) is 18.2 Å². The quantitative estimate of drug-likeness (QED) is 0.830. The molecule has 0 bridgehead atoms. The molecule has 6 heteroatoms. The summed E-state index contributed by atoms with van der Waals surface area (Å²) < 4.78 is 16.7. The zero-order valence-corrected chi connectivity index (χ0v) is 15.8. The fourth-order valence-electron chi connectivity index (χ4n) is 2.81. The topological polar surface area (TPSA) is 94.6 Å². The number of nitrogens with two attached hydrogens (primary N) is 1. The highest BCUT2D eigenvalue weighted by Crippen LogP contribution is 2.43. The first-order valence-corrected chi connectivity index (χ1v) is 8.43. The molecule has 0 fully saturated rings. The van der Waals surface area contributed by atoms with Gasteiger partial charge in [-0.3, -0.25) is 0 Å². The highest BCUT2D eigenvalue weighted by Gasteiger charge is 2.38. The molecular weight excluding hydrogens is 332 g/mol. The van der Waals surface area contributed by atoms with Crippen LogP contribution in [-0.2, 0) is 14.3 Å². The maximum Gasteiger partial charge on any atom is 0.338 e. The van der Waals surface area contributed by atoms with E-state index in [0.717, 1.165) is 0 Å². The van der Waals surface area contributed by atoms with Crippen molar-refractivity contribution < 1.29 is 19.0 Å². The second kappa shape index (κ2) is 7.52. The van der Waals surface area contributed by atoms with Crippen molar-refractivity contribution in [2.45, 2.75) is 46.1 Å². The maximum absolute atomic E-state index is 12.6. The summed E-state index contributed by atoms with van der Waals surface area (Å²) in [6.45, 7) is 9.35. The third kappa shape index (κ3) is 3.99. The summed E-state index contributed by atoms with van der Waals surface area (Å²) in [6.07, 6.45) is 0. The molecule has 0 aromatic heterocycles. The van der Waals surface area contributed by atoms with Gasteiger partial charge < -0.3 is 19.9 Å². The molecule has 138 valence electrons. The van der Waals surface area contributed by atoms with E-state index in [0.29, 0.717) is 17.1 Å². The number of hydrogen-bond acceptors (Lipinski definition) is 6. The predicted molar refractivity (Wildman–Crippen MR) is 96.8 cm³/mol. The lowest BCUT2D eigenvalue weighted by Gasteiger charge is -2.30. The van der Waals surface area contributed by atoms with Crippen molar-refractivity contribution in [1.82, 2.24) is 0 Å². The summed E-state index contributed by atoms with van der Waals surface area (Å²) in [5, 5.41) is 9.65. The van der Waals surface area contributed by atoms with Crippen LogP contribution < -0.4 is 10.5 Å². The van der Waals surface area contributed by atoms with Crippen molar-refractivity contribution in [3.05, 3.63) is 52.6 Å². The van der Waals surface area contributed by atoms with E-state index in [9.17, 15) is 10.1 Å². The van der Waals surface area contributed by atoms with Gasteiger partial charge in [-0.05, 0) is 40.7 Å². The summed E-state index contributed by atoms with van der Waals surface area (Å²) in [5.74, 6) is -0.390. The summed E-state index contributed by atoms with van der Waals surface area (Å²) >= 11 is 0. The Morgan fingerprint density at radius 2 is 2.00 bits per heavy atom. The number of para-hydroxylation sites is 1. The number of ether oxygens (including phenoxy) is 3. The van der Waals surface area contributed by atoms with Gasteiger partial charge in [-0.15, -0.1) is 0 Å². The Morgan fingerprint density at radius 3 is 2.58 bits per heavy atom. The standard InChI is InChI=1S/C20H24N2O4/c1-6-24-19(23)16-12(2)25-18(22)14(11-21)17(16)13-9-7-8-10-15(13)26-20(3,4)5/h7-10,17H,6,22H2,1-5H3. The summed E-state index contributed by atoms with van der Waals surface area (Å²) in [6, 6.07) is 9.35. The number of nitriles is 1. The first-order chi connectivity index (χ1) is 12.2. The van der Waals surface area contributed by atoms with Crippen LogP contribution in [0.5, 0.6) is 5.75 Å². The molecule has 1 aromatic carbocycles. The van der Waals surface area contributed by atoms with E-state index < -0.39 is 17.5 Å². The molecule has 0 radical (unpaired) electrons. The average molecular weight is 356 g/mol. The predicted octanol–water partition coefficient (Wildman–Crippen LogP) is 3.51. The van der Waals surface area contributed by atoms with Crippen LogP contribution in [0.25, 0.3) is 0 Å². The molecule has 1 aliphatic rings. The minimum absolute atomic E-state index is 0.0198. The normalized spacial score (nSPS) is 17.5. The molecule has 0 amide bonds. The van der Waals surface area contributed by atoms with Crippen molar-refractivity contribution >= 4 is 5.97 Å². The average Bonchev–Trinajstić information content (AvgIpc) is 2.53. The maximum atomic E-state index is 12.6. The molecule has 1 aliphatic heterocycles. The Labute approximate surface area is 153 Å². The van der Waals surface area contributed by atoms with Crippen LogP contribution in [0.3, 0.4) is 0 Å². The second-order valence-electron chi connectivity index (χ2n) is 6.87. The molecule has 0 spiro atoms. The molecule has 2 rings (SSSR count). The van der Waals surface area contributed by atoms with Gasteiger partial charge >= 0.3 is 5.97 Å². The van der Waals surface area contributed by atoms with Crippen LogP contribution in [0, 0.1) is 11.3 Å². The number of carbonyl (C=O) groups excluding carboxylic acids is 1. The van der Waals surface area contributed by atoms with Gasteiger partial charge in [0.15, 0.2) is 0 Å². The number of carbonyl (C=O) groups is 1. The van der Waals surface area contributed by atoms with Crippen molar-refractivity contribution in [3.63, 3.8) is 0 Å². The van der Waals surface area contributed by atoms with Gasteiger partial charge in [-0.25, -0.2) is 4.79 Å². The number of allylic oxidation sites excluding steroid dienone is 2. The van der Waals surface area contributed by atoms with Gasteiger partial charge in [0, 0.05) is 5.56 Å². The third-order valence-electron chi connectivity index (χ3n) is 3.75. The number of benzene rings is 1. The van der Waals surface area contributed by atoms with Crippen molar-refractivity contribution in [3.8, 4) is 11.8 Å². The Bertz CT molecular complexity index is 810. The molecule has 1 unspecified atom stereocenters. The SMILES string of the molecule is CCOC(=O)C1=C(C)OC(N)=C(C#N)C1c1ccccc1OC(C)(C)C. The monoisotopic (exact) mass is 356 g/mol. The van der Waals surface area contributed by atoms with Crippen molar-refractivity contribution in [2.75, 3.05) is 6.61 Å². The van der Waals surface area contributed by atoms with Crippen molar-refractivity contribution in [2.24, 2.45) is 5.73 Å². The lowest BCUT2D eigenvalue weighted by molar-refractivity contribution is -0.139. The molecule has 1 aromatic rings. The third-order valence-corrected chi connectivity index (χ3v) is 3.75. The minimum Gasteiger partial charge on any atom is -0.488 e. The molecule has 0 aliphatic carbocycles. The largest absolute Gasteiger partial charge is 0.488 e.